The Labute approximate surface area is 119 Å². The van der Waals surface area contributed by atoms with Crippen molar-refractivity contribution in [1.82, 2.24) is 5.32 Å². The Morgan fingerprint density at radius 1 is 1.16 bits per heavy atom. The quantitative estimate of drug-likeness (QED) is 0.891. The van der Waals surface area contributed by atoms with Crippen molar-refractivity contribution in [3.8, 4) is 5.75 Å². The molecule has 1 N–H and O–H groups in total. The number of halogens is 1. The van der Waals surface area contributed by atoms with Crippen molar-refractivity contribution >= 4 is 11.6 Å². The second-order valence-corrected chi connectivity index (χ2v) is 4.92. The van der Waals surface area contributed by atoms with Crippen LogP contribution in [0, 0.1) is 6.92 Å². The number of nitrogens with one attached hydrogen (secondary N) is 1. The summed E-state index contributed by atoms with van der Waals surface area (Å²) in [6.45, 7) is 2.77. The van der Waals surface area contributed by atoms with Gasteiger partial charge in [0.2, 0.25) is 0 Å². The highest BCUT2D eigenvalue weighted by atomic mass is 35.5. The molecule has 0 radical (unpaired) electrons. The first-order valence-corrected chi connectivity index (χ1v) is 6.71. The van der Waals surface area contributed by atoms with E-state index in [1.165, 1.54) is 0 Å². The lowest BCUT2D eigenvalue weighted by molar-refractivity contribution is 0.203. The summed E-state index contributed by atoms with van der Waals surface area (Å²) in [7, 11) is 1.92. The summed E-state index contributed by atoms with van der Waals surface area (Å²) in [6, 6.07) is 15.9. The monoisotopic (exact) mass is 275 g/mol. The van der Waals surface area contributed by atoms with Crippen molar-refractivity contribution in [2.75, 3.05) is 13.6 Å². The minimum Gasteiger partial charge on any atom is -0.484 e. The zero-order valence-electron chi connectivity index (χ0n) is 11.2. The van der Waals surface area contributed by atoms with Gasteiger partial charge in [0, 0.05) is 11.6 Å². The normalized spacial score (nSPS) is 12.2. The summed E-state index contributed by atoms with van der Waals surface area (Å²) < 4.78 is 6.11. The van der Waals surface area contributed by atoms with E-state index in [-0.39, 0.29) is 6.10 Å². The van der Waals surface area contributed by atoms with Crippen LogP contribution in [0.4, 0.5) is 0 Å². The zero-order valence-corrected chi connectivity index (χ0v) is 11.9. The van der Waals surface area contributed by atoms with Gasteiger partial charge in [0.05, 0.1) is 0 Å². The van der Waals surface area contributed by atoms with Gasteiger partial charge in [-0.05, 0) is 37.2 Å². The topological polar surface area (TPSA) is 21.3 Å². The molecule has 0 aromatic heterocycles. The van der Waals surface area contributed by atoms with Crippen molar-refractivity contribution in [1.29, 1.82) is 0 Å². The zero-order chi connectivity index (χ0) is 13.7. The molecule has 0 aliphatic rings. The van der Waals surface area contributed by atoms with Crippen molar-refractivity contribution < 1.29 is 4.74 Å². The number of hydrogen-bond acceptors (Lipinski definition) is 2. The molecule has 1 atom stereocenters. The molecular weight excluding hydrogens is 258 g/mol. The third-order valence-electron chi connectivity index (χ3n) is 2.98. The first-order chi connectivity index (χ1) is 9.20. The summed E-state index contributed by atoms with van der Waals surface area (Å²) in [4.78, 5) is 0. The molecule has 2 nitrogen and oxygen atoms in total. The molecule has 0 spiro atoms. The SMILES string of the molecule is CNCC(Oc1cc(Cl)ccc1C)c1ccccc1. The van der Waals surface area contributed by atoms with Gasteiger partial charge in [-0.15, -0.1) is 0 Å². The molecular formula is C16H18ClNO. The van der Waals surface area contributed by atoms with Crippen LogP contribution in [0.5, 0.6) is 5.75 Å². The molecule has 0 saturated heterocycles. The highest BCUT2D eigenvalue weighted by Crippen LogP contribution is 2.27. The molecule has 0 bridgehead atoms. The maximum atomic E-state index is 6.11. The Balaban J connectivity index is 2.24. The molecule has 2 rings (SSSR count). The van der Waals surface area contributed by atoms with Crippen molar-refractivity contribution in [3.63, 3.8) is 0 Å². The number of ether oxygens (including phenoxy) is 1. The molecule has 0 saturated carbocycles. The predicted octanol–water partition coefficient (Wildman–Crippen LogP) is 3.99. The van der Waals surface area contributed by atoms with E-state index in [1.54, 1.807) is 0 Å². The van der Waals surface area contributed by atoms with Gasteiger partial charge in [-0.2, -0.15) is 0 Å². The fourth-order valence-electron chi connectivity index (χ4n) is 1.93. The second kappa shape index (κ2) is 6.60. The predicted molar refractivity (Wildman–Crippen MR) is 79.9 cm³/mol. The molecule has 2 aromatic carbocycles. The maximum Gasteiger partial charge on any atom is 0.136 e. The van der Waals surface area contributed by atoms with Crippen LogP contribution in [0.3, 0.4) is 0 Å². The van der Waals surface area contributed by atoms with Crippen LogP contribution in [-0.2, 0) is 0 Å². The lowest BCUT2D eigenvalue weighted by atomic mass is 10.1. The highest BCUT2D eigenvalue weighted by Gasteiger charge is 2.13. The summed E-state index contributed by atoms with van der Waals surface area (Å²) >= 11 is 6.03. The molecule has 0 fully saturated rings. The minimum atomic E-state index is -0.0247. The van der Waals surface area contributed by atoms with E-state index in [2.05, 4.69) is 17.4 Å². The Morgan fingerprint density at radius 2 is 1.89 bits per heavy atom. The first-order valence-electron chi connectivity index (χ1n) is 6.33. The van der Waals surface area contributed by atoms with Crippen LogP contribution in [0.25, 0.3) is 0 Å². The van der Waals surface area contributed by atoms with Gasteiger partial charge in [-0.1, -0.05) is 48.0 Å². The van der Waals surface area contributed by atoms with E-state index >= 15 is 0 Å². The number of hydrogen-bond donors (Lipinski definition) is 1. The summed E-state index contributed by atoms with van der Waals surface area (Å²) in [5.41, 5.74) is 2.23. The maximum absolute atomic E-state index is 6.11. The minimum absolute atomic E-state index is 0.0247. The highest BCUT2D eigenvalue weighted by molar-refractivity contribution is 6.30. The van der Waals surface area contributed by atoms with Crippen molar-refractivity contribution in [2.45, 2.75) is 13.0 Å². The molecule has 0 aliphatic heterocycles. The molecule has 19 heavy (non-hydrogen) atoms. The Morgan fingerprint density at radius 3 is 2.58 bits per heavy atom. The Hall–Kier alpha value is -1.51. The van der Waals surface area contributed by atoms with E-state index in [0.717, 1.165) is 23.4 Å². The van der Waals surface area contributed by atoms with Gasteiger partial charge in [0.25, 0.3) is 0 Å². The number of likely N-dealkylation sites (N-methyl/N-ethyl adjacent to an activating group) is 1. The summed E-state index contributed by atoms with van der Waals surface area (Å²) in [5, 5.41) is 3.85. The molecule has 0 aliphatic carbocycles. The Bertz CT molecular complexity index is 528. The van der Waals surface area contributed by atoms with Crippen LogP contribution in [-0.4, -0.2) is 13.6 Å². The first kappa shape index (κ1) is 13.9. The van der Waals surface area contributed by atoms with Crippen LogP contribution < -0.4 is 10.1 Å². The van der Waals surface area contributed by atoms with E-state index in [0.29, 0.717) is 5.02 Å². The van der Waals surface area contributed by atoms with Gasteiger partial charge in [-0.25, -0.2) is 0 Å². The lowest BCUT2D eigenvalue weighted by Crippen LogP contribution is -2.22. The molecule has 100 valence electrons. The Kier molecular flexibility index (Phi) is 4.83. The van der Waals surface area contributed by atoms with Crippen LogP contribution in [0.2, 0.25) is 5.02 Å². The average molecular weight is 276 g/mol. The van der Waals surface area contributed by atoms with Crippen molar-refractivity contribution in [2.24, 2.45) is 0 Å². The molecule has 2 aromatic rings. The third kappa shape index (κ3) is 3.72. The molecule has 3 heteroatoms. The summed E-state index contributed by atoms with van der Waals surface area (Å²) in [6.07, 6.45) is -0.0247. The van der Waals surface area contributed by atoms with E-state index in [9.17, 15) is 0 Å². The third-order valence-corrected chi connectivity index (χ3v) is 3.22. The van der Waals surface area contributed by atoms with Gasteiger partial charge in [0.1, 0.15) is 11.9 Å². The van der Waals surface area contributed by atoms with E-state index in [1.807, 2.05) is 50.4 Å². The molecule has 0 amide bonds. The fourth-order valence-corrected chi connectivity index (χ4v) is 2.10. The van der Waals surface area contributed by atoms with Gasteiger partial charge < -0.3 is 10.1 Å². The standard InChI is InChI=1S/C16H18ClNO/c1-12-8-9-14(17)10-15(12)19-16(11-18-2)13-6-4-3-5-7-13/h3-10,16,18H,11H2,1-2H3. The number of aryl methyl sites for hydroxylation is 1. The number of rotatable bonds is 5. The van der Waals surface area contributed by atoms with E-state index < -0.39 is 0 Å². The largest absolute Gasteiger partial charge is 0.484 e. The van der Waals surface area contributed by atoms with Crippen LogP contribution >= 0.6 is 11.6 Å². The van der Waals surface area contributed by atoms with E-state index in [4.69, 9.17) is 16.3 Å². The summed E-state index contributed by atoms with van der Waals surface area (Å²) in [5.74, 6) is 0.830. The van der Waals surface area contributed by atoms with Gasteiger partial charge in [-0.3, -0.25) is 0 Å². The lowest BCUT2D eigenvalue weighted by Gasteiger charge is -2.20. The fraction of sp³-hybridized carbons (Fsp3) is 0.250. The molecule has 1 unspecified atom stereocenters. The smallest absolute Gasteiger partial charge is 0.136 e. The molecule has 0 heterocycles. The van der Waals surface area contributed by atoms with Gasteiger partial charge in [0.15, 0.2) is 0 Å². The van der Waals surface area contributed by atoms with Crippen molar-refractivity contribution in [3.05, 3.63) is 64.7 Å². The van der Waals surface area contributed by atoms with Crippen LogP contribution in [0.15, 0.2) is 48.5 Å². The van der Waals surface area contributed by atoms with Gasteiger partial charge >= 0.3 is 0 Å². The van der Waals surface area contributed by atoms with Crippen LogP contribution in [0.1, 0.15) is 17.2 Å². The number of benzene rings is 2. The second-order valence-electron chi connectivity index (χ2n) is 4.48. The average Bonchev–Trinajstić information content (AvgIpc) is 2.43.